The van der Waals surface area contributed by atoms with E-state index in [1.807, 2.05) is 6.92 Å². The van der Waals surface area contributed by atoms with Crippen molar-refractivity contribution >= 4 is 12.0 Å². The van der Waals surface area contributed by atoms with E-state index in [9.17, 15) is 9.59 Å². The average molecular weight is 267 g/mol. The molecule has 19 heavy (non-hydrogen) atoms. The van der Waals surface area contributed by atoms with Crippen molar-refractivity contribution in [3.8, 4) is 0 Å². The van der Waals surface area contributed by atoms with E-state index >= 15 is 0 Å². The third kappa shape index (κ3) is 3.67. The SMILES string of the molecule is CCN(C(=O)NCc1cn(CC(=O)O)nn1)C1CC1. The van der Waals surface area contributed by atoms with Crippen LogP contribution in [-0.2, 0) is 17.9 Å². The van der Waals surface area contributed by atoms with E-state index < -0.39 is 5.97 Å². The van der Waals surface area contributed by atoms with Crippen LogP contribution in [-0.4, -0.2) is 49.6 Å². The number of carbonyl (C=O) groups is 2. The second kappa shape index (κ2) is 5.68. The van der Waals surface area contributed by atoms with Gasteiger partial charge in [-0.25, -0.2) is 9.48 Å². The minimum absolute atomic E-state index is 0.113. The average Bonchev–Trinajstić information content (AvgIpc) is 3.08. The van der Waals surface area contributed by atoms with Crippen molar-refractivity contribution in [2.45, 2.75) is 38.9 Å². The van der Waals surface area contributed by atoms with E-state index in [4.69, 9.17) is 5.11 Å². The summed E-state index contributed by atoms with van der Waals surface area (Å²) in [4.78, 5) is 24.2. The molecule has 0 spiro atoms. The summed E-state index contributed by atoms with van der Waals surface area (Å²) in [5.74, 6) is -0.980. The summed E-state index contributed by atoms with van der Waals surface area (Å²) in [6, 6.07) is 0.255. The van der Waals surface area contributed by atoms with Crippen LogP contribution in [0.25, 0.3) is 0 Å². The van der Waals surface area contributed by atoms with Crippen molar-refractivity contribution in [3.05, 3.63) is 11.9 Å². The van der Waals surface area contributed by atoms with E-state index in [0.717, 1.165) is 12.8 Å². The van der Waals surface area contributed by atoms with Crippen LogP contribution < -0.4 is 5.32 Å². The maximum absolute atomic E-state index is 11.9. The highest BCUT2D eigenvalue weighted by atomic mass is 16.4. The molecular weight excluding hydrogens is 250 g/mol. The van der Waals surface area contributed by atoms with Crippen LogP contribution in [0.2, 0.25) is 0 Å². The number of amides is 2. The molecule has 1 aliphatic rings. The van der Waals surface area contributed by atoms with Crippen molar-refractivity contribution in [3.63, 3.8) is 0 Å². The lowest BCUT2D eigenvalue weighted by atomic mass is 10.4. The molecule has 0 aromatic carbocycles. The molecule has 1 saturated carbocycles. The molecule has 0 saturated heterocycles. The van der Waals surface area contributed by atoms with Crippen LogP contribution in [0, 0.1) is 0 Å². The Morgan fingerprint density at radius 3 is 2.89 bits per heavy atom. The number of carboxylic acid groups (broad SMARTS) is 1. The van der Waals surface area contributed by atoms with Gasteiger partial charge in [0.2, 0.25) is 0 Å². The fraction of sp³-hybridized carbons (Fsp3) is 0.636. The molecule has 0 bridgehead atoms. The molecule has 0 unspecified atom stereocenters. The van der Waals surface area contributed by atoms with E-state index in [0.29, 0.717) is 18.3 Å². The number of rotatable bonds is 6. The van der Waals surface area contributed by atoms with Crippen molar-refractivity contribution in [1.29, 1.82) is 0 Å². The predicted molar refractivity (Wildman–Crippen MR) is 65.3 cm³/mol. The maximum Gasteiger partial charge on any atom is 0.325 e. The monoisotopic (exact) mass is 267 g/mol. The molecule has 1 aromatic heterocycles. The van der Waals surface area contributed by atoms with Gasteiger partial charge in [-0.3, -0.25) is 4.79 Å². The number of aliphatic carboxylic acids is 1. The van der Waals surface area contributed by atoms with Crippen molar-refractivity contribution in [2.24, 2.45) is 0 Å². The first-order chi connectivity index (χ1) is 9.10. The van der Waals surface area contributed by atoms with Gasteiger partial charge in [0.1, 0.15) is 12.2 Å². The summed E-state index contributed by atoms with van der Waals surface area (Å²) in [5.41, 5.74) is 0.543. The molecule has 8 heteroatoms. The van der Waals surface area contributed by atoms with Crippen LogP contribution in [0.4, 0.5) is 4.79 Å². The summed E-state index contributed by atoms with van der Waals surface area (Å²) < 4.78 is 1.22. The topological polar surface area (TPSA) is 100 Å². The van der Waals surface area contributed by atoms with Crippen molar-refractivity contribution in [2.75, 3.05) is 6.54 Å². The molecule has 1 fully saturated rings. The fourth-order valence-corrected chi connectivity index (χ4v) is 1.86. The first-order valence-electron chi connectivity index (χ1n) is 6.25. The third-order valence-corrected chi connectivity index (χ3v) is 2.89. The number of carboxylic acids is 1. The smallest absolute Gasteiger partial charge is 0.325 e. The predicted octanol–water partition coefficient (Wildman–Crippen LogP) is 0.0566. The first kappa shape index (κ1) is 13.3. The molecule has 1 aliphatic carbocycles. The van der Waals surface area contributed by atoms with Gasteiger partial charge in [-0.2, -0.15) is 0 Å². The normalized spacial score (nSPS) is 14.2. The lowest BCUT2D eigenvalue weighted by Gasteiger charge is -2.20. The van der Waals surface area contributed by atoms with E-state index in [1.165, 1.54) is 10.9 Å². The molecular formula is C11H17N5O3. The Hall–Kier alpha value is -2.12. The summed E-state index contributed by atoms with van der Waals surface area (Å²) in [5, 5.41) is 18.8. The minimum Gasteiger partial charge on any atom is -0.480 e. The van der Waals surface area contributed by atoms with Gasteiger partial charge in [-0.1, -0.05) is 5.21 Å². The number of nitrogens with zero attached hydrogens (tertiary/aromatic N) is 4. The molecule has 2 N–H and O–H groups in total. The van der Waals surface area contributed by atoms with E-state index in [1.54, 1.807) is 4.90 Å². The Balaban J connectivity index is 1.82. The highest BCUT2D eigenvalue weighted by Gasteiger charge is 2.31. The first-order valence-corrected chi connectivity index (χ1v) is 6.25. The Morgan fingerprint density at radius 2 is 2.32 bits per heavy atom. The number of hydrogen-bond acceptors (Lipinski definition) is 4. The Morgan fingerprint density at radius 1 is 1.58 bits per heavy atom. The standard InChI is InChI=1S/C11H17N5O3/c1-2-16(9-3-4-9)11(19)12-5-8-6-15(14-13-8)7-10(17)18/h6,9H,2-5,7H2,1H3,(H,12,19)(H,17,18). The molecule has 0 aliphatic heterocycles. The fourth-order valence-electron chi connectivity index (χ4n) is 1.86. The second-order valence-electron chi connectivity index (χ2n) is 4.48. The number of nitrogens with one attached hydrogen (secondary N) is 1. The largest absolute Gasteiger partial charge is 0.480 e. The molecule has 104 valence electrons. The highest BCUT2D eigenvalue weighted by Crippen LogP contribution is 2.26. The Bertz CT molecular complexity index is 469. The zero-order chi connectivity index (χ0) is 13.8. The quantitative estimate of drug-likeness (QED) is 0.759. The van der Waals surface area contributed by atoms with Gasteiger partial charge in [0.05, 0.1) is 12.7 Å². The summed E-state index contributed by atoms with van der Waals surface area (Å²) in [7, 11) is 0. The van der Waals surface area contributed by atoms with Gasteiger partial charge in [0.15, 0.2) is 0 Å². The van der Waals surface area contributed by atoms with Gasteiger partial charge in [0.25, 0.3) is 0 Å². The van der Waals surface area contributed by atoms with Crippen LogP contribution >= 0.6 is 0 Å². The Kier molecular flexibility index (Phi) is 3.98. The molecule has 0 atom stereocenters. The van der Waals surface area contributed by atoms with Gasteiger partial charge < -0.3 is 15.3 Å². The lowest BCUT2D eigenvalue weighted by Crippen LogP contribution is -2.40. The molecule has 0 radical (unpaired) electrons. The molecule has 8 nitrogen and oxygen atoms in total. The lowest BCUT2D eigenvalue weighted by molar-refractivity contribution is -0.137. The van der Waals surface area contributed by atoms with E-state index in [-0.39, 0.29) is 19.1 Å². The van der Waals surface area contributed by atoms with Gasteiger partial charge >= 0.3 is 12.0 Å². The van der Waals surface area contributed by atoms with Crippen LogP contribution in [0.3, 0.4) is 0 Å². The number of aromatic nitrogens is 3. The van der Waals surface area contributed by atoms with Crippen LogP contribution in [0.1, 0.15) is 25.5 Å². The van der Waals surface area contributed by atoms with Gasteiger partial charge in [0, 0.05) is 12.6 Å². The molecule has 2 amide bonds. The third-order valence-electron chi connectivity index (χ3n) is 2.89. The summed E-state index contributed by atoms with van der Waals surface area (Å²) in [6.07, 6.45) is 3.65. The van der Waals surface area contributed by atoms with Gasteiger partial charge in [-0.15, -0.1) is 5.10 Å². The number of carbonyl (C=O) groups excluding carboxylic acids is 1. The zero-order valence-corrected chi connectivity index (χ0v) is 10.7. The van der Waals surface area contributed by atoms with Crippen molar-refractivity contribution < 1.29 is 14.7 Å². The van der Waals surface area contributed by atoms with Crippen LogP contribution in [0.5, 0.6) is 0 Å². The maximum atomic E-state index is 11.9. The number of hydrogen-bond donors (Lipinski definition) is 2. The summed E-state index contributed by atoms with van der Waals surface area (Å²) in [6.45, 7) is 2.65. The second-order valence-corrected chi connectivity index (χ2v) is 4.48. The number of urea groups is 1. The minimum atomic E-state index is -0.980. The zero-order valence-electron chi connectivity index (χ0n) is 10.7. The highest BCUT2D eigenvalue weighted by molar-refractivity contribution is 5.74. The van der Waals surface area contributed by atoms with Crippen LogP contribution in [0.15, 0.2) is 6.20 Å². The summed E-state index contributed by atoms with van der Waals surface area (Å²) >= 11 is 0. The molecule has 2 rings (SSSR count). The Labute approximate surface area is 110 Å². The van der Waals surface area contributed by atoms with E-state index in [2.05, 4.69) is 15.6 Å². The van der Waals surface area contributed by atoms with Gasteiger partial charge in [-0.05, 0) is 19.8 Å². The molecule has 1 heterocycles. The van der Waals surface area contributed by atoms with Crippen molar-refractivity contribution in [1.82, 2.24) is 25.2 Å². The molecule has 1 aromatic rings.